The van der Waals surface area contributed by atoms with Gasteiger partial charge in [0.15, 0.2) is 0 Å². The Hall–Kier alpha value is -0.340. The molecule has 1 rings (SSSR count). The molecule has 1 fully saturated rings. The van der Waals surface area contributed by atoms with E-state index in [1.54, 1.807) is 0 Å². The van der Waals surface area contributed by atoms with Gasteiger partial charge >= 0.3 is 0 Å². The van der Waals surface area contributed by atoms with Crippen molar-refractivity contribution in [3.63, 3.8) is 0 Å². The van der Waals surface area contributed by atoms with Crippen molar-refractivity contribution in [2.24, 2.45) is 11.7 Å². The lowest BCUT2D eigenvalue weighted by Gasteiger charge is -2.23. The summed E-state index contributed by atoms with van der Waals surface area (Å²) in [6, 6.07) is 0.199. The number of hydrogen-bond acceptors (Lipinski definition) is 2. The van der Waals surface area contributed by atoms with E-state index in [0.29, 0.717) is 6.10 Å². The first kappa shape index (κ1) is 10.7. The Morgan fingerprint density at radius 3 is 2.77 bits per heavy atom. The van der Waals surface area contributed by atoms with Gasteiger partial charge in [0.1, 0.15) is 0 Å². The summed E-state index contributed by atoms with van der Waals surface area (Å²) in [6.07, 6.45) is 6.82. The molecule has 1 aliphatic rings. The Kier molecular flexibility index (Phi) is 4.46. The van der Waals surface area contributed by atoms with Crippen LogP contribution in [-0.2, 0) is 4.74 Å². The van der Waals surface area contributed by atoms with Gasteiger partial charge in [0, 0.05) is 12.6 Å². The number of allylic oxidation sites excluding steroid dienone is 1. The molecule has 0 aliphatic heterocycles. The third kappa shape index (κ3) is 3.49. The van der Waals surface area contributed by atoms with E-state index in [1.165, 1.54) is 12.8 Å². The predicted octanol–water partition coefficient (Wildman–Crippen LogP) is 2.09. The minimum absolute atomic E-state index is 0.199. The largest absolute Gasteiger partial charge is 0.377 e. The lowest BCUT2D eigenvalue weighted by atomic mass is 10.0. The van der Waals surface area contributed by atoms with E-state index < -0.39 is 0 Å². The van der Waals surface area contributed by atoms with Crippen LogP contribution in [0, 0.1) is 5.92 Å². The summed E-state index contributed by atoms with van der Waals surface area (Å²) in [7, 11) is 0. The Morgan fingerprint density at radius 2 is 2.31 bits per heavy atom. The number of ether oxygens (including phenoxy) is 1. The van der Waals surface area contributed by atoms with Crippen LogP contribution in [0.2, 0.25) is 0 Å². The van der Waals surface area contributed by atoms with Crippen molar-refractivity contribution in [2.45, 2.75) is 44.8 Å². The van der Waals surface area contributed by atoms with Crippen LogP contribution < -0.4 is 5.73 Å². The van der Waals surface area contributed by atoms with E-state index in [4.69, 9.17) is 10.5 Å². The van der Waals surface area contributed by atoms with Gasteiger partial charge in [-0.15, -0.1) is 6.58 Å². The first-order chi connectivity index (χ1) is 6.29. The molecular formula is C11H21NO. The normalized spacial score (nSPS) is 21.1. The molecular weight excluding hydrogens is 162 g/mol. The van der Waals surface area contributed by atoms with Crippen molar-refractivity contribution < 1.29 is 4.74 Å². The smallest absolute Gasteiger partial charge is 0.0753 e. The molecule has 13 heavy (non-hydrogen) atoms. The molecule has 0 aromatic carbocycles. The topological polar surface area (TPSA) is 35.2 Å². The van der Waals surface area contributed by atoms with E-state index in [-0.39, 0.29) is 6.04 Å². The highest BCUT2D eigenvalue weighted by molar-refractivity contribution is 4.89. The second-order valence-corrected chi connectivity index (χ2v) is 3.79. The fourth-order valence-electron chi connectivity index (χ4n) is 1.70. The van der Waals surface area contributed by atoms with Gasteiger partial charge in [0.25, 0.3) is 0 Å². The Balaban J connectivity index is 2.28. The molecule has 0 bridgehead atoms. The molecule has 0 aromatic rings. The highest BCUT2D eigenvalue weighted by atomic mass is 16.5. The predicted molar refractivity (Wildman–Crippen MR) is 55.5 cm³/mol. The van der Waals surface area contributed by atoms with Crippen molar-refractivity contribution >= 4 is 0 Å². The van der Waals surface area contributed by atoms with E-state index in [1.807, 2.05) is 13.0 Å². The molecule has 1 aliphatic carbocycles. The summed E-state index contributed by atoms with van der Waals surface area (Å²) < 4.78 is 5.67. The maximum Gasteiger partial charge on any atom is 0.0753 e. The van der Waals surface area contributed by atoms with Crippen LogP contribution in [0.5, 0.6) is 0 Å². The Bertz CT molecular complexity index is 154. The maximum atomic E-state index is 6.06. The van der Waals surface area contributed by atoms with Crippen molar-refractivity contribution in [1.29, 1.82) is 0 Å². The highest BCUT2D eigenvalue weighted by Gasteiger charge is 2.35. The number of nitrogens with two attached hydrogens (primary N) is 1. The highest BCUT2D eigenvalue weighted by Crippen LogP contribution is 2.36. The van der Waals surface area contributed by atoms with Crippen LogP contribution in [0.3, 0.4) is 0 Å². The quantitative estimate of drug-likeness (QED) is 0.613. The SMILES string of the molecule is C=CCCC(N)C(OCC)C1CC1. The van der Waals surface area contributed by atoms with E-state index in [9.17, 15) is 0 Å². The van der Waals surface area contributed by atoms with E-state index in [0.717, 1.165) is 25.4 Å². The van der Waals surface area contributed by atoms with Crippen LogP contribution in [0.25, 0.3) is 0 Å². The van der Waals surface area contributed by atoms with Crippen LogP contribution in [-0.4, -0.2) is 18.8 Å². The molecule has 0 spiro atoms. The maximum absolute atomic E-state index is 6.06. The van der Waals surface area contributed by atoms with Crippen molar-refractivity contribution in [1.82, 2.24) is 0 Å². The lowest BCUT2D eigenvalue weighted by Crippen LogP contribution is -2.38. The van der Waals surface area contributed by atoms with Gasteiger partial charge < -0.3 is 10.5 Å². The monoisotopic (exact) mass is 183 g/mol. The zero-order valence-corrected chi connectivity index (χ0v) is 8.54. The third-order valence-electron chi connectivity index (χ3n) is 2.57. The summed E-state index contributed by atoms with van der Waals surface area (Å²) >= 11 is 0. The van der Waals surface area contributed by atoms with Gasteiger partial charge in [-0.25, -0.2) is 0 Å². The number of hydrogen-bond donors (Lipinski definition) is 1. The zero-order valence-electron chi connectivity index (χ0n) is 8.54. The molecule has 2 unspecified atom stereocenters. The van der Waals surface area contributed by atoms with Crippen molar-refractivity contribution in [3.05, 3.63) is 12.7 Å². The Labute approximate surface area is 81.1 Å². The molecule has 2 atom stereocenters. The molecule has 0 aromatic heterocycles. The minimum Gasteiger partial charge on any atom is -0.377 e. The average molecular weight is 183 g/mol. The third-order valence-corrected chi connectivity index (χ3v) is 2.57. The summed E-state index contributed by atoms with van der Waals surface area (Å²) in [4.78, 5) is 0. The van der Waals surface area contributed by atoms with E-state index in [2.05, 4.69) is 6.58 Å². The zero-order chi connectivity index (χ0) is 9.68. The average Bonchev–Trinajstić information content (AvgIpc) is 2.93. The van der Waals surface area contributed by atoms with Gasteiger partial charge in [-0.1, -0.05) is 6.08 Å². The van der Waals surface area contributed by atoms with Gasteiger partial charge in [0.05, 0.1) is 6.10 Å². The molecule has 0 saturated heterocycles. The molecule has 0 heterocycles. The second kappa shape index (κ2) is 5.40. The van der Waals surface area contributed by atoms with Crippen LogP contribution >= 0.6 is 0 Å². The van der Waals surface area contributed by atoms with Gasteiger partial charge in [-0.2, -0.15) is 0 Å². The summed E-state index contributed by atoms with van der Waals surface area (Å²) in [5, 5.41) is 0. The molecule has 2 N–H and O–H groups in total. The van der Waals surface area contributed by atoms with Gasteiger partial charge in [-0.05, 0) is 38.5 Å². The minimum atomic E-state index is 0.199. The van der Waals surface area contributed by atoms with Crippen LogP contribution in [0.15, 0.2) is 12.7 Å². The van der Waals surface area contributed by atoms with E-state index >= 15 is 0 Å². The second-order valence-electron chi connectivity index (χ2n) is 3.79. The van der Waals surface area contributed by atoms with Gasteiger partial charge in [0.2, 0.25) is 0 Å². The van der Waals surface area contributed by atoms with Gasteiger partial charge in [-0.3, -0.25) is 0 Å². The summed E-state index contributed by atoms with van der Waals surface area (Å²) in [5.41, 5.74) is 6.06. The molecule has 1 saturated carbocycles. The molecule has 2 heteroatoms. The van der Waals surface area contributed by atoms with Crippen LogP contribution in [0.1, 0.15) is 32.6 Å². The molecule has 0 amide bonds. The molecule has 0 radical (unpaired) electrons. The lowest BCUT2D eigenvalue weighted by molar-refractivity contribution is 0.0270. The summed E-state index contributed by atoms with van der Waals surface area (Å²) in [6.45, 7) is 6.52. The first-order valence-corrected chi connectivity index (χ1v) is 5.27. The number of rotatable bonds is 7. The molecule has 2 nitrogen and oxygen atoms in total. The fraction of sp³-hybridized carbons (Fsp3) is 0.818. The first-order valence-electron chi connectivity index (χ1n) is 5.27. The summed E-state index contributed by atoms with van der Waals surface area (Å²) in [5.74, 6) is 0.736. The Morgan fingerprint density at radius 1 is 1.62 bits per heavy atom. The standard InChI is InChI=1S/C11H21NO/c1-3-5-6-10(12)11(13-4-2)9-7-8-9/h3,9-11H,1,4-8,12H2,2H3. The van der Waals surface area contributed by atoms with Crippen LogP contribution in [0.4, 0.5) is 0 Å². The molecule has 76 valence electrons. The van der Waals surface area contributed by atoms with Crippen molar-refractivity contribution in [2.75, 3.05) is 6.61 Å². The fourth-order valence-corrected chi connectivity index (χ4v) is 1.70. The van der Waals surface area contributed by atoms with Crippen molar-refractivity contribution in [3.8, 4) is 0 Å².